The zero-order valence-corrected chi connectivity index (χ0v) is 19.6. The van der Waals surface area contributed by atoms with Crippen molar-refractivity contribution in [2.75, 3.05) is 68.7 Å². The number of likely N-dealkylation sites (tertiary alicyclic amines) is 1. The molecular weight excluding hydrogens is 412 g/mol. The van der Waals surface area contributed by atoms with E-state index in [2.05, 4.69) is 41.7 Å². The summed E-state index contributed by atoms with van der Waals surface area (Å²) < 4.78 is 0. The third-order valence-electron chi connectivity index (χ3n) is 7.34. The molecule has 1 unspecified atom stereocenters. The first-order valence-corrected chi connectivity index (χ1v) is 12.7. The number of carbonyl (C=O) groups excluding carboxylic acids is 1. The summed E-state index contributed by atoms with van der Waals surface area (Å²) in [7, 11) is 0. The molecule has 0 bridgehead atoms. The van der Waals surface area contributed by atoms with Crippen molar-refractivity contribution in [3.05, 3.63) is 48.3 Å². The third-order valence-corrected chi connectivity index (χ3v) is 7.34. The molecule has 0 saturated carbocycles. The van der Waals surface area contributed by atoms with Crippen molar-refractivity contribution in [1.82, 2.24) is 19.8 Å². The van der Waals surface area contributed by atoms with Crippen LogP contribution in [0.2, 0.25) is 0 Å². The largest absolute Gasteiger partial charge is 0.356 e. The Bertz CT molecular complexity index is 908. The fourth-order valence-corrected chi connectivity index (χ4v) is 5.56. The van der Waals surface area contributed by atoms with Crippen LogP contribution >= 0.6 is 0 Å². The summed E-state index contributed by atoms with van der Waals surface area (Å²) in [6.07, 6.45) is 9.63. The van der Waals surface area contributed by atoms with Gasteiger partial charge < -0.3 is 14.7 Å². The minimum absolute atomic E-state index is 0.161. The number of piperazine rings is 1. The first kappa shape index (κ1) is 22.1. The molecule has 0 spiro atoms. The second-order valence-corrected chi connectivity index (χ2v) is 9.66. The molecule has 0 N–H and O–H groups in total. The summed E-state index contributed by atoms with van der Waals surface area (Å²) >= 11 is 0. The summed E-state index contributed by atoms with van der Waals surface area (Å²) in [6, 6.07) is 10.00. The van der Waals surface area contributed by atoms with Crippen LogP contribution in [0.25, 0.3) is 0 Å². The van der Waals surface area contributed by atoms with Crippen LogP contribution in [0.5, 0.6) is 0 Å². The van der Waals surface area contributed by atoms with Gasteiger partial charge in [-0.15, -0.1) is 0 Å². The number of amides is 1. The molecule has 3 aliphatic heterocycles. The Hall–Kier alpha value is -2.67. The lowest BCUT2D eigenvalue weighted by atomic mass is 9.96. The van der Waals surface area contributed by atoms with E-state index in [0.717, 1.165) is 82.5 Å². The second kappa shape index (κ2) is 10.5. The van der Waals surface area contributed by atoms with Gasteiger partial charge in [0.05, 0.1) is 5.56 Å². The van der Waals surface area contributed by atoms with Crippen molar-refractivity contribution in [2.24, 2.45) is 5.92 Å². The van der Waals surface area contributed by atoms with E-state index in [1.807, 2.05) is 30.6 Å². The van der Waals surface area contributed by atoms with Gasteiger partial charge in [-0.2, -0.15) is 0 Å². The average Bonchev–Trinajstić information content (AvgIpc) is 2.90. The monoisotopic (exact) mass is 448 g/mol. The number of pyridine rings is 2. The molecule has 0 aromatic carbocycles. The van der Waals surface area contributed by atoms with E-state index in [0.29, 0.717) is 5.92 Å². The molecule has 5 rings (SSSR count). The Morgan fingerprint density at radius 1 is 0.818 bits per heavy atom. The van der Waals surface area contributed by atoms with Gasteiger partial charge in [0.15, 0.2) is 0 Å². The van der Waals surface area contributed by atoms with Gasteiger partial charge >= 0.3 is 0 Å². The molecule has 1 atom stereocenters. The van der Waals surface area contributed by atoms with E-state index in [9.17, 15) is 4.79 Å². The summed E-state index contributed by atoms with van der Waals surface area (Å²) in [5, 5.41) is 0. The van der Waals surface area contributed by atoms with Crippen LogP contribution in [0.1, 0.15) is 42.5 Å². The highest BCUT2D eigenvalue weighted by Gasteiger charge is 2.29. The molecule has 0 aliphatic carbocycles. The Morgan fingerprint density at radius 3 is 2.42 bits per heavy atom. The SMILES string of the molecule is O=C(c1cccnc1N1CCCCC1)N1CCCC(CN2CCN(c3ccccn3)CC2)C1. The molecule has 3 saturated heterocycles. The molecule has 0 radical (unpaired) electrons. The first-order chi connectivity index (χ1) is 16.3. The summed E-state index contributed by atoms with van der Waals surface area (Å²) in [6.45, 7) is 8.94. The van der Waals surface area contributed by atoms with Gasteiger partial charge in [0.25, 0.3) is 5.91 Å². The van der Waals surface area contributed by atoms with Gasteiger partial charge in [0.1, 0.15) is 11.6 Å². The maximum Gasteiger partial charge on any atom is 0.257 e. The molecule has 7 nitrogen and oxygen atoms in total. The highest BCUT2D eigenvalue weighted by molar-refractivity contribution is 5.99. The number of nitrogens with zero attached hydrogens (tertiary/aromatic N) is 6. The van der Waals surface area contributed by atoms with Gasteiger partial charge in [0.2, 0.25) is 0 Å². The molecule has 2 aromatic rings. The molecule has 3 fully saturated rings. The van der Waals surface area contributed by atoms with E-state index < -0.39 is 0 Å². The lowest BCUT2D eigenvalue weighted by molar-refractivity contribution is 0.0637. The Labute approximate surface area is 197 Å². The Morgan fingerprint density at radius 2 is 1.64 bits per heavy atom. The minimum atomic E-state index is 0.161. The maximum atomic E-state index is 13.5. The minimum Gasteiger partial charge on any atom is -0.356 e. The number of aromatic nitrogens is 2. The fraction of sp³-hybridized carbons (Fsp3) is 0.577. The van der Waals surface area contributed by atoms with Crippen LogP contribution in [0.15, 0.2) is 42.7 Å². The van der Waals surface area contributed by atoms with E-state index in [1.165, 1.54) is 25.7 Å². The van der Waals surface area contributed by atoms with Crippen LogP contribution in [0.3, 0.4) is 0 Å². The molecule has 1 amide bonds. The molecule has 5 heterocycles. The number of rotatable bonds is 5. The molecule has 3 aliphatic rings. The Balaban J connectivity index is 1.17. The standard InChI is InChI=1S/C26H36N6O/c33-26(23-9-6-12-28-25(23)31-13-4-1-5-14-31)32-15-7-8-22(21-32)20-29-16-18-30(19-17-29)24-10-2-3-11-27-24/h2-3,6,9-12,22H,1,4-5,7-8,13-21H2. The normalized spacial score (nSPS) is 22.4. The predicted octanol–water partition coefficient (Wildman–Crippen LogP) is 3.14. The summed E-state index contributed by atoms with van der Waals surface area (Å²) in [5.74, 6) is 2.66. The number of carbonyl (C=O) groups is 1. The number of piperidine rings is 2. The topological polar surface area (TPSA) is 55.8 Å². The van der Waals surface area contributed by atoms with Crippen molar-refractivity contribution in [1.29, 1.82) is 0 Å². The Kier molecular flexibility index (Phi) is 7.05. The average molecular weight is 449 g/mol. The summed E-state index contributed by atoms with van der Waals surface area (Å²) in [5.41, 5.74) is 0.782. The van der Waals surface area contributed by atoms with Gasteiger partial charge in [0, 0.05) is 71.3 Å². The predicted molar refractivity (Wildman–Crippen MR) is 132 cm³/mol. The smallest absolute Gasteiger partial charge is 0.257 e. The van der Waals surface area contributed by atoms with Crippen LogP contribution in [-0.2, 0) is 0 Å². The fourth-order valence-electron chi connectivity index (χ4n) is 5.56. The van der Waals surface area contributed by atoms with Crippen molar-refractivity contribution in [3.8, 4) is 0 Å². The van der Waals surface area contributed by atoms with E-state index in [4.69, 9.17) is 0 Å². The van der Waals surface area contributed by atoms with Crippen molar-refractivity contribution < 1.29 is 4.79 Å². The highest BCUT2D eigenvalue weighted by atomic mass is 16.2. The van der Waals surface area contributed by atoms with Crippen LogP contribution < -0.4 is 9.80 Å². The van der Waals surface area contributed by atoms with E-state index in [1.54, 1.807) is 0 Å². The van der Waals surface area contributed by atoms with Crippen LogP contribution in [0, 0.1) is 5.92 Å². The van der Waals surface area contributed by atoms with Crippen molar-refractivity contribution >= 4 is 17.5 Å². The van der Waals surface area contributed by atoms with E-state index in [-0.39, 0.29) is 5.91 Å². The zero-order valence-electron chi connectivity index (χ0n) is 19.6. The lowest BCUT2D eigenvalue weighted by Gasteiger charge is -2.40. The van der Waals surface area contributed by atoms with Crippen molar-refractivity contribution in [2.45, 2.75) is 32.1 Å². The molecule has 7 heteroatoms. The van der Waals surface area contributed by atoms with Gasteiger partial charge in [-0.05, 0) is 62.3 Å². The zero-order chi connectivity index (χ0) is 22.5. The lowest BCUT2D eigenvalue weighted by Crippen LogP contribution is -2.50. The molecule has 176 valence electrons. The third kappa shape index (κ3) is 5.29. The van der Waals surface area contributed by atoms with Crippen LogP contribution in [0.4, 0.5) is 11.6 Å². The molecular formula is C26H36N6O. The number of anilines is 2. The maximum absolute atomic E-state index is 13.5. The molecule has 33 heavy (non-hydrogen) atoms. The summed E-state index contributed by atoms with van der Waals surface area (Å²) in [4.78, 5) is 32.0. The van der Waals surface area contributed by atoms with Crippen LogP contribution in [-0.4, -0.2) is 84.6 Å². The number of hydrogen-bond donors (Lipinski definition) is 0. The second-order valence-electron chi connectivity index (χ2n) is 9.66. The van der Waals surface area contributed by atoms with Gasteiger partial charge in [-0.1, -0.05) is 6.07 Å². The van der Waals surface area contributed by atoms with E-state index >= 15 is 0 Å². The highest BCUT2D eigenvalue weighted by Crippen LogP contribution is 2.26. The quantitative estimate of drug-likeness (QED) is 0.701. The molecule has 2 aromatic heterocycles. The van der Waals surface area contributed by atoms with Crippen molar-refractivity contribution in [3.63, 3.8) is 0 Å². The van der Waals surface area contributed by atoms with Gasteiger partial charge in [-0.25, -0.2) is 9.97 Å². The first-order valence-electron chi connectivity index (χ1n) is 12.7. The number of hydrogen-bond acceptors (Lipinski definition) is 6. The van der Waals surface area contributed by atoms with Gasteiger partial charge in [-0.3, -0.25) is 9.69 Å².